The van der Waals surface area contributed by atoms with Crippen LogP contribution in [0.2, 0.25) is 0 Å². The van der Waals surface area contributed by atoms with Crippen LogP contribution in [0.4, 0.5) is 0 Å². The molecule has 12 heavy (non-hydrogen) atoms. The van der Waals surface area contributed by atoms with Gasteiger partial charge in [0.2, 0.25) is 5.91 Å². The lowest BCUT2D eigenvalue weighted by atomic mass is 10.0. The molecule has 0 fully saturated rings. The Morgan fingerprint density at radius 2 is 2.17 bits per heavy atom. The van der Waals surface area contributed by atoms with Crippen molar-refractivity contribution in [2.24, 2.45) is 11.7 Å². The Hall–Kier alpha value is -0.420. The maximum Gasteiger partial charge on any atom is 0.220 e. The third kappa shape index (κ3) is 3.82. The first-order chi connectivity index (χ1) is 5.49. The Labute approximate surface area is 74.8 Å². The van der Waals surface area contributed by atoms with Crippen molar-refractivity contribution in [3.8, 4) is 0 Å². The smallest absolute Gasteiger partial charge is 0.220 e. The highest BCUT2D eigenvalue weighted by molar-refractivity contribution is 7.79. The Bertz CT molecular complexity index is 183. The number of carbonyl (C=O) groups is 1. The molecule has 0 aliphatic heterocycles. The second-order valence-corrected chi connectivity index (χ2v) is 4.19. The minimum absolute atomic E-state index is 0.281. The van der Waals surface area contributed by atoms with E-state index in [0.29, 0.717) is 12.8 Å². The molecular formula is C7H15NO3S. The zero-order valence-electron chi connectivity index (χ0n) is 7.32. The Balaban J connectivity index is 4.02. The molecular weight excluding hydrogens is 178 g/mol. The van der Waals surface area contributed by atoms with Gasteiger partial charge in [-0.1, -0.05) is 6.92 Å². The molecule has 4 nitrogen and oxygen atoms in total. The van der Waals surface area contributed by atoms with Gasteiger partial charge in [0.25, 0.3) is 0 Å². The average Bonchev–Trinajstić information content (AvgIpc) is 1.98. The molecule has 0 spiro atoms. The molecule has 0 aromatic heterocycles. The highest BCUT2D eigenvalue weighted by atomic mass is 32.2. The molecule has 0 bridgehead atoms. The lowest BCUT2D eigenvalue weighted by Crippen LogP contribution is -2.27. The first-order valence-electron chi connectivity index (χ1n) is 3.88. The molecule has 0 aliphatic carbocycles. The molecule has 1 amide bonds. The molecule has 72 valence electrons. The summed E-state index contributed by atoms with van der Waals surface area (Å²) >= 11 is -1.86. The van der Waals surface area contributed by atoms with Crippen molar-refractivity contribution in [2.45, 2.75) is 31.9 Å². The van der Waals surface area contributed by atoms with Crippen LogP contribution in [0.3, 0.4) is 0 Å². The van der Waals surface area contributed by atoms with Crippen LogP contribution in [0, 0.1) is 5.92 Å². The zero-order chi connectivity index (χ0) is 9.72. The maximum atomic E-state index is 10.7. The van der Waals surface area contributed by atoms with Crippen LogP contribution in [-0.4, -0.2) is 19.9 Å². The van der Waals surface area contributed by atoms with E-state index in [1.807, 2.05) is 6.92 Å². The van der Waals surface area contributed by atoms with Gasteiger partial charge in [-0.2, -0.15) is 0 Å². The van der Waals surface area contributed by atoms with Gasteiger partial charge in [-0.15, -0.1) is 0 Å². The van der Waals surface area contributed by atoms with Crippen LogP contribution in [0.25, 0.3) is 0 Å². The first-order valence-corrected chi connectivity index (χ1v) is 5.05. The van der Waals surface area contributed by atoms with Crippen LogP contribution in [-0.2, 0) is 15.9 Å². The summed E-state index contributed by atoms with van der Waals surface area (Å²) in [5.41, 5.74) is 5.08. The van der Waals surface area contributed by atoms with E-state index < -0.39 is 17.0 Å². The lowest BCUT2D eigenvalue weighted by molar-refractivity contribution is -0.122. The number of rotatable bonds is 5. The fourth-order valence-electron chi connectivity index (χ4n) is 0.967. The summed E-state index contributed by atoms with van der Waals surface area (Å²) in [6.07, 6.45) is 1.01. The summed E-state index contributed by atoms with van der Waals surface area (Å²) in [7, 11) is 0. The molecule has 0 aromatic rings. The maximum absolute atomic E-state index is 10.7. The van der Waals surface area contributed by atoms with Gasteiger partial charge < -0.3 is 10.3 Å². The Morgan fingerprint density at radius 3 is 2.42 bits per heavy atom. The molecule has 0 saturated heterocycles. The summed E-state index contributed by atoms with van der Waals surface area (Å²) in [5.74, 6) is -0.675. The van der Waals surface area contributed by atoms with Crippen molar-refractivity contribution < 1.29 is 13.6 Å². The monoisotopic (exact) mass is 193 g/mol. The van der Waals surface area contributed by atoms with E-state index in [0.717, 1.165) is 0 Å². The van der Waals surface area contributed by atoms with Crippen molar-refractivity contribution in [2.75, 3.05) is 0 Å². The summed E-state index contributed by atoms with van der Waals surface area (Å²) in [6.45, 7) is 3.46. The molecule has 3 unspecified atom stereocenters. The van der Waals surface area contributed by atoms with Crippen LogP contribution in [0.1, 0.15) is 26.7 Å². The predicted octanol–water partition coefficient (Wildman–Crippen LogP) is 0.498. The van der Waals surface area contributed by atoms with E-state index in [9.17, 15) is 9.00 Å². The second kappa shape index (κ2) is 5.27. The van der Waals surface area contributed by atoms with Crippen molar-refractivity contribution in [1.29, 1.82) is 0 Å². The van der Waals surface area contributed by atoms with E-state index >= 15 is 0 Å². The fourth-order valence-corrected chi connectivity index (χ4v) is 1.36. The molecule has 3 N–H and O–H groups in total. The van der Waals surface area contributed by atoms with Crippen molar-refractivity contribution in [3.63, 3.8) is 0 Å². The average molecular weight is 193 g/mol. The molecule has 0 heterocycles. The van der Waals surface area contributed by atoms with Gasteiger partial charge in [0, 0.05) is 5.92 Å². The van der Waals surface area contributed by atoms with Gasteiger partial charge in [0.05, 0.1) is 5.25 Å². The van der Waals surface area contributed by atoms with E-state index in [1.165, 1.54) is 0 Å². The molecule has 0 aliphatic rings. The Kier molecular flexibility index (Phi) is 5.08. The van der Waals surface area contributed by atoms with Crippen LogP contribution >= 0.6 is 0 Å². The van der Waals surface area contributed by atoms with Crippen molar-refractivity contribution in [1.82, 2.24) is 0 Å². The largest absolute Gasteiger partial charge is 0.369 e. The second-order valence-electron chi connectivity index (χ2n) is 2.83. The molecule has 5 heteroatoms. The van der Waals surface area contributed by atoms with E-state index in [-0.39, 0.29) is 11.2 Å². The number of nitrogens with two attached hydrogens (primary N) is 1. The molecule has 3 atom stereocenters. The normalized spacial score (nSPS) is 18.2. The number of amides is 1. The van der Waals surface area contributed by atoms with Gasteiger partial charge in [-0.3, -0.25) is 4.79 Å². The Morgan fingerprint density at radius 1 is 1.67 bits per heavy atom. The number of primary amides is 1. The molecule has 0 saturated carbocycles. The van der Waals surface area contributed by atoms with Gasteiger partial charge in [0.1, 0.15) is 0 Å². The number of hydrogen-bond acceptors (Lipinski definition) is 2. The number of hydrogen-bond donors (Lipinski definition) is 2. The summed E-state index contributed by atoms with van der Waals surface area (Å²) < 4.78 is 19.2. The molecule has 0 aromatic carbocycles. The van der Waals surface area contributed by atoms with E-state index in [4.69, 9.17) is 10.3 Å². The summed E-state index contributed by atoms with van der Waals surface area (Å²) in [6, 6.07) is 0. The van der Waals surface area contributed by atoms with Crippen LogP contribution in [0.5, 0.6) is 0 Å². The van der Waals surface area contributed by atoms with Gasteiger partial charge in [0.15, 0.2) is 11.1 Å². The molecule has 0 radical (unpaired) electrons. The fraction of sp³-hybridized carbons (Fsp3) is 0.857. The van der Waals surface area contributed by atoms with Crippen LogP contribution < -0.4 is 5.73 Å². The zero-order valence-corrected chi connectivity index (χ0v) is 8.13. The van der Waals surface area contributed by atoms with Crippen molar-refractivity contribution in [3.05, 3.63) is 0 Å². The van der Waals surface area contributed by atoms with Crippen molar-refractivity contribution >= 4 is 17.0 Å². The minimum atomic E-state index is -1.86. The van der Waals surface area contributed by atoms with Gasteiger partial charge in [-0.05, 0) is 19.8 Å². The quantitative estimate of drug-likeness (QED) is 0.624. The first kappa shape index (κ1) is 11.6. The third-order valence-electron chi connectivity index (χ3n) is 1.86. The third-order valence-corrected chi connectivity index (χ3v) is 2.74. The minimum Gasteiger partial charge on any atom is -0.369 e. The highest BCUT2D eigenvalue weighted by Crippen LogP contribution is 2.13. The van der Waals surface area contributed by atoms with Gasteiger partial charge in [-0.25, -0.2) is 4.21 Å². The summed E-state index contributed by atoms with van der Waals surface area (Å²) in [4.78, 5) is 10.7. The lowest BCUT2D eigenvalue weighted by Gasteiger charge is -2.13. The van der Waals surface area contributed by atoms with E-state index in [2.05, 4.69) is 0 Å². The van der Waals surface area contributed by atoms with Gasteiger partial charge >= 0.3 is 0 Å². The highest BCUT2D eigenvalue weighted by Gasteiger charge is 2.19. The molecule has 0 rings (SSSR count). The van der Waals surface area contributed by atoms with Crippen LogP contribution in [0.15, 0.2) is 0 Å². The topological polar surface area (TPSA) is 80.4 Å². The SMILES string of the molecule is CCC(CC(C)S(=O)O)C(N)=O. The predicted molar refractivity (Wildman–Crippen MR) is 47.8 cm³/mol. The summed E-state index contributed by atoms with van der Waals surface area (Å²) in [5, 5.41) is -0.387. The standard InChI is InChI=1S/C7H15NO3S/c1-3-6(7(8)9)4-5(2)12(10)11/h5-6H,3-4H2,1-2H3,(H2,8,9)(H,10,11). The van der Waals surface area contributed by atoms with E-state index in [1.54, 1.807) is 6.92 Å². The number of carbonyl (C=O) groups excluding carboxylic acids is 1.